The van der Waals surface area contributed by atoms with Gasteiger partial charge in [0.1, 0.15) is 17.6 Å². The van der Waals surface area contributed by atoms with Crippen molar-refractivity contribution < 1.29 is 29.6 Å². The Bertz CT molecular complexity index is 731. The molecule has 2 rings (SSSR count). The standard InChI is InChI=1S/C18H16O6/c19-14-6-1-12(2-7-14)5-10-17(21)24-16(18(22)23)11-13-3-8-15(20)9-4-13/h1-10,16,19-20H,11H2,(H,22,23)/p-1/b10-5+. The lowest BCUT2D eigenvalue weighted by Gasteiger charge is -2.18. The number of phenols is 2. The highest BCUT2D eigenvalue weighted by Crippen LogP contribution is 2.13. The molecule has 1 atom stereocenters. The van der Waals surface area contributed by atoms with E-state index in [1.807, 2.05) is 0 Å². The number of carbonyl (C=O) groups is 2. The molecule has 124 valence electrons. The van der Waals surface area contributed by atoms with E-state index in [0.717, 1.165) is 6.08 Å². The van der Waals surface area contributed by atoms with E-state index < -0.39 is 18.0 Å². The Labute approximate surface area is 138 Å². The maximum absolute atomic E-state index is 11.8. The number of carboxylic acids is 1. The number of ether oxygens (including phenoxy) is 1. The van der Waals surface area contributed by atoms with Gasteiger partial charge >= 0.3 is 5.97 Å². The minimum atomic E-state index is -1.51. The largest absolute Gasteiger partial charge is 0.546 e. The summed E-state index contributed by atoms with van der Waals surface area (Å²) in [6.07, 6.45) is 1.03. The first-order valence-electron chi connectivity index (χ1n) is 7.10. The van der Waals surface area contributed by atoms with Gasteiger partial charge in [-0.25, -0.2) is 4.79 Å². The van der Waals surface area contributed by atoms with Gasteiger partial charge in [-0.1, -0.05) is 24.3 Å². The zero-order valence-electron chi connectivity index (χ0n) is 12.6. The van der Waals surface area contributed by atoms with E-state index in [2.05, 4.69) is 0 Å². The Morgan fingerprint density at radius 3 is 2.08 bits per heavy atom. The smallest absolute Gasteiger partial charge is 0.331 e. The second kappa shape index (κ2) is 7.82. The van der Waals surface area contributed by atoms with Gasteiger partial charge in [0, 0.05) is 12.5 Å². The van der Waals surface area contributed by atoms with E-state index in [4.69, 9.17) is 9.84 Å². The molecule has 2 N–H and O–H groups in total. The number of hydrogen-bond acceptors (Lipinski definition) is 6. The lowest BCUT2D eigenvalue weighted by molar-refractivity contribution is -0.315. The Morgan fingerprint density at radius 1 is 1.00 bits per heavy atom. The number of rotatable bonds is 6. The van der Waals surface area contributed by atoms with Crippen molar-refractivity contribution >= 4 is 18.0 Å². The fraction of sp³-hybridized carbons (Fsp3) is 0.111. The monoisotopic (exact) mass is 327 g/mol. The van der Waals surface area contributed by atoms with Crippen molar-refractivity contribution in [1.82, 2.24) is 0 Å². The number of esters is 1. The van der Waals surface area contributed by atoms with Crippen LogP contribution in [0.15, 0.2) is 54.6 Å². The fourth-order valence-electron chi connectivity index (χ4n) is 1.95. The lowest BCUT2D eigenvalue weighted by Crippen LogP contribution is -2.40. The normalized spacial score (nSPS) is 12.0. The van der Waals surface area contributed by atoms with E-state index in [0.29, 0.717) is 11.1 Å². The van der Waals surface area contributed by atoms with Gasteiger partial charge in [0.2, 0.25) is 0 Å². The molecule has 0 radical (unpaired) electrons. The van der Waals surface area contributed by atoms with E-state index >= 15 is 0 Å². The molecule has 0 amide bonds. The van der Waals surface area contributed by atoms with Crippen LogP contribution in [0.1, 0.15) is 11.1 Å². The van der Waals surface area contributed by atoms with Crippen molar-refractivity contribution in [3.63, 3.8) is 0 Å². The van der Waals surface area contributed by atoms with Gasteiger partial charge in [-0.2, -0.15) is 0 Å². The first-order chi connectivity index (χ1) is 11.4. The second-order valence-corrected chi connectivity index (χ2v) is 5.04. The summed E-state index contributed by atoms with van der Waals surface area (Å²) in [6, 6.07) is 12.0. The molecule has 0 heterocycles. The minimum absolute atomic E-state index is 0.0533. The minimum Gasteiger partial charge on any atom is -0.546 e. The molecule has 0 aliphatic heterocycles. The molecule has 6 heteroatoms. The number of hydrogen-bond donors (Lipinski definition) is 2. The fourth-order valence-corrected chi connectivity index (χ4v) is 1.95. The molecule has 2 aromatic carbocycles. The third kappa shape index (κ3) is 5.17. The highest BCUT2D eigenvalue weighted by Gasteiger charge is 2.15. The van der Waals surface area contributed by atoms with Crippen LogP contribution in [0.3, 0.4) is 0 Å². The molecule has 6 nitrogen and oxygen atoms in total. The number of benzene rings is 2. The summed E-state index contributed by atoms with van der Waals surface area (Å²) in [6.45, 7) is 0. The maximum atomic E-state index is 11.8. The molecule has 0 saturated heterocycles. The Hall–Kier alpha value is -3.28. The molecule has 1 unspecified atom stereocenters. The Kier molecular flexibility index (Phi) is 5.57. The Morgan fingerprint density at radius 2 is 1.54 bits per heavy atom. The van der Waals surface area contributed by atoms with Crippen LogP contribution in [0, 0.1) is 0 Å². The molecule has 0 fully saturated rings. The number of aliphatic carboxylic acids is 1. The molecule has 0 spiro atoms. The van der Waals surface area contributed by atoms with Crippen LogP contribution in [0.25, 0.3) is 6.08 Å². The molecular formula is C18H15O6-. The number of carboxylic acid groups (broad SMARTS) is 1. The summed E-state index contributed by atoms with van der Waals surface area (Å²) in [4.78, 5) is 22.9. The summed E-state index contributed by atoms with van der Waals surface area (Å²) in [7, 11) is 0. The summed E-state index contributed by atoms with van der Waals surface area (Å²) in [5, 5.41) is 29.5. The van der Waals surface area contributed by atoms with E-state index in [1.54, 1.807) is 12.1 Å². The third-order valence-corrected chi connectivity index (χ3v) is 3.18. The van der Waals surface area contributed by atoms with Gasteiger partial charge in [0.05, 0.1) is 5.97 Å². The van der Waals surface area contributed by atoms with Gasteiger partial charge in [-0.15, -0.1) is 0 Å². The predicted molar refractivity (Wildman–Crippen MR) is 83.8 cm³/mol. The van der Waals surface area contributed by atoms with Crippen LogP contribution in [0.4, 0.5) is 0 Å². The number of phenolic OH excluding ortho intramolecular Hbond substituents is 2. The van der Waals surface area contributed by atoms with Crippen LogP contribution >= 0.6 is 0 Å². The topological polar surface area (TPSA) is 107 Å². The van der Waals surface area contributed by atoms with Crippen molar-refractivity contribution in [2.45, 2.75) is 12.5 Å². The van der Waals surface area contributed by atoms with Gasteiger partial charge in [-0.3, -0.25) is 0 Å². The van der Waals surface area contributed by atoms with E-state index in [1.165, 1.54) is 42.5 Å². The summed E-state index contributed by atoms with van der Waals surface area (Å²) in [5.41, 5.74) is 1.23. The average molecular weight is 327 g/mol. The first-order valence-corrected chi connectivity index (χ1v) is 7.10. The number of aromatic hydroxyl groups is 2. The van der Waals surface area contributed by atoms with E-state index in [-0.39, 0.29) is 17.9 Å². The zero-order valence-corrected chi connectivity index (χ0v) is 12.6. The highest BCUT2D eigenvalue weighted by atomic mass is 16.6. The summed E-state index contributed by atoms with van der Waals surface area (Å²) >= 11 is 0. The maximum Gasteiger partial charge on any atom is 0.331 e. The molecule has 24 heavy (non-hydrogen) atoms. The van der Waals surface area contributed by atoms with Crippen LogP contribution in [-0.4, -0.2) is 28.3 Å². The van der Waals surface area contributed by atoms with Crippen molar-refractivity contribution in [1.29, 1.82) is 0 Å². The van der Waals surface area contributed by atoms with Gasteiger partial charge < -0.3 is 24.9 Å². The molecule has 0 bridgehead atoms. The predicted octanol–water partition coefficient (Wildman–Crippen LogP) is 1.02. The first kappa shape index (κ1) is 17.1. The highest BCUT2D eigenvalue weighted by molar-refractivity contribution is 5.89. The zero-order chi connectivity index (χ0) is 17.5. The molecule has 0 saturated carbocycles. The second-order valence-electron chi connectivity index (χ2n) is 5.04. The molecule has 0 aromatic heterocycles. The number of carbonyl (C=O) groups excluding carboxylic acids is 2. The summed E-state index contributed by atoms with van der Waals surface area (Å²) < 4.78 is 4.89. The molecular weight excluding hydrogens is 312 g/mol. The van der Waals surface area contributed by atoms with Crippen LogP contribution in [-0.2, 0) is 20.7 Å². The Balaban J connectivity index is 1.99. The van der Waals surface area contributed by atoms with Crippen LogP contribution < -0.4 is 5.11 Å². The van der Waals surface area contributed by atoms with Crippen LogP contribution in [0.5, 0.6) is 11.5 Å². The average Bonchev–Trinajstić information content (AvgIpc) is 2.55. The van der Waals surface area contributed by atoms with Gasteiger partial charge in [-0.05, 0) is 41.5 Å². The van der Waals surface area contributed by atoms with E-state index in [9.17, 15) is 19.8 Å². The van der Waals surface area contributed by atoms with Crippen molar-refractivity contribution in [3.05, 3.63) is 65.7 Å². The summed E-state index contributed by atoms with van der Waals surface area (Å²) in [5.74, 6) is -2.18. The molecule has 0 aliphatic carbocycles. The van der Waals surface area contributed by atoms with Gasteiger partial charge in [0.25, 0.3) is 0 Å². The molecule has 2 aromatic rings. The molecule has 0 aliphatic rings. The SMILES string of the molecule is O=C(/C=C/c1ccc(O)cc1)OC(Cc1ccc(O)cc1)C(=O)[O-]. The van der Waals surface area contributed by atoms with Crippen molar-refractivity contribution in [2.75, 3.05) is 0 Å². The van der Waals surface area contributed by atoms with Crippen molar-refractivity contribution in [3.8, 4) is 11.5 Å². The van der Waals surface area contributed by atoms with Crippen molar-refractivity contribution in [2.24, 2.45) is 0 Å². The van der Waals surface area contributed by atoms with Crippen LogP contribution in [0.2, 0.25) is 0 Å². The lowest BCUT2D eigenvalue weighted by atomic mass is 10.1. The third-order valence-electron chi connectivity index (χ3n) is 3.18. The quantitative estimate of drug-likeness (QED) is 0.606. The van der Waals surface area contributed by atoms with Gasteiger partial charge in [0.15, 0.2) is 0 Å².